The van der Waals surface area contributed by atoms with Gasteiger partial charge in [0.25, 0.3) is 0 Å². The molecule has 12 aliphatic heterocycles. The molecule has 0 radical (unpaired) electrons. The number of piperazine rings is 2. The number of para-hydroxylation sites is 2. The summed E-state index contributed by atoms with van der Waals surface area (Å²) < 4.78 is 70.1. The smallest absolute Gasteiger partial charge is 0.407 e. The number of carbonyl (C=O) groups is 5. The normalized spacial score (nSPS) is 26.7. The number of phenols is 2. The van der Waals surface area contributed by atoms with Crippen LogP contribution in [-0.4, -0.2) is 206 Å². The van der Waals surface area contributed by atoms with Crippen LogP contribution in [0.2, 0.25) is 0 Å². The predicted octanol–water partition coefficient (Wildman–Crippen LogP) is 10.5. The number of fused-ring (bicyclic) bond motifs is 21. The number of rotatable bonds is 12. The number of aromatic hydroxyl groups is 2. The third-order valence-corrected chi connectivity index (χ3v) is 28.9. The monoisotopic (exact) mass is 1680 g/mol. The van der Waals surface area contributed by atoms with Crippen molar-refractivity contribution >= 4 is 75.4 Å². The van der Waals surface area contributed by atoms with Crippen LogP contribution in [-0.2, 0) is 64.6 Å². The number of cyclic esters (lactones) is 1. The SMILES string of the molecule is C=CCOC(=O)NC[C@H](N)Cc1coc2ccccc12.C=CCOC(=O)NC[C@H]1Cc2c(oc3ccccc23)[C@@]2(CS[C@@H]3c4c(C)c(C)c5c(c4[C@H](COC2=O)N2[C@@H]3[C@H]3c4c(cc(C)c(OC)c4O)C[C@@H]([C@@H]2O)N3C)OCO5)N1.COc1c(C)cc2c(c1O)[C@@H]1[C@@H]3[C@@H]4SCC(=O)C(=O)OC[C@@H](c5c6c(c(C)c(C)c54)OCO6)N3[C@@H](C#N)[C@H](C2)N1C. The number of alkyl carbamates (subject to hydrolysis) is 2. The number of hydrogen-bond acceptors (Lipinski definition) is 29. The number of likely N-dealkylation sites (N-methyl/N-ethyl adjacent to an activating group) is 2. The van der Waals surface area contributed by atoms with Crippen molar-refractivity contribution < 1.29 is 95.5 Å². The van der Waals surface area contributed by atoms with E-state index in [1.807, 2.05) is 97.2 Å². The Kier molecular flexibility index (Phi) is 22.0. The van der Waals surface area contributed by atoms with Gasteiger partial charge in [0.2, 0.25) is 19.4 Å². The first-order valence-corrected chi connectivity index (χ1v) is 42.3. The van der Waals surface area contributed by atoms with E-state index in [0.717, 1.165) is 105 Å². The molecule has 630 valence electrons. The number of methoxy groups -OCH3 is 2. The van der Waals surface area contributed by atoms with E-state index in [-0.39, 0.29) is 110 Å². The number of aryl methyl sites for hydroxylation is 2. The van der Waals surface area contributed by atoms with Crippen LogP contribution in [0.3, 0.4) is 0 Å². The van der Waals surface area contributed by atoms with Gasteiger partial charge >= 0.3 is 24.1 Å². The number of hydrogen-bond donors (Lipinski definition) is 7. The summed E-state index contributed by atoms with van der Waals surface area (Å²) in [5.74, 6) is 2.17. The van der Waals surface area contributed by atoms with Gasteiger partial charge in [-0.25, -0.2) is 19.2 Å². The Bertz CT molecular complexity index is 5570. The summed E-state index contributed by atoms with van der Waals surface area (Å²) in [6, 6.07) is 17.8. The Labute approximate surface area is 701 Å². The lowest BCUT2D eigenvalue weighted by atomic mass is 9.71. The number of aliphatic hydroxyl groups is 1. The molecule has 1 spiro atoms. The molecule has 4 fully saturated rings. The largest absolute Gasteiger partial charge is 0.504 e. The number of Topliss-reactive ketones (excluding diaryl/α,β-unsaturated/α-hetero) is 1. The van der Waals surface area contributed by atoms with Crippen LogP contribution in [0.5, 0.6) is 46.0 Å². The van der Waals surface area contributed by atoms with E-state index in [9.17, 15) is 39.8 Å². The maximum absolute atomic E-state index is 15.1. The highest BCUT2D eigenvalue weighted by Crippen LogP contribution is 2.66. The summed E-state index contributed by atoms with van der Waals surface area (Å²) in [5, 5.41) is 57.5. The van der Waals surface area contributed by atoms with Gasteiger partial charge in [-0.05, 0) is 155 Å². The molecule has 14 heterocycles. The third-order valence-electron chi connectivity index (χ3n) is 26.1. The fourth-order valence-electron chi connectivity index (χ4n) is 20.7. The van der Waals surface area contributed by atoms with E-state index < -0.39 is 77.9 Å². The quantitative estimate of drug-likeness (QED) is 0.0259. The Morgan fingerprint density at radius 3 is 1.84 bits per heavy atom. The Hall–Kier alpha value is -10.7. The Morgan fingerprint density at radius 2 is 1.23 bits per heavy atom. The van der Waals surface area contributed by atoms with Crippen molar-refractivity contribution in [3.05, 3.63) is 187 Å². The number of nitrogens with two attached hydrogens (primary N) is 1. The average molecular weight is 1680 g/mol. The second-order valence-electron chi connectivity index (χ2n) is 32.4. The van der Waals surface area contributed by atoms with E-state index in [0.29, 0.717) is 78.1 Å². The molecular weight excluding hydrogens is 1580 g/mol. The highest BCUT2D eigenvalue weighted by atomic mass is 32.2. The highest BCUT2D eigenvalue weighted by molar-refractivity contribution is 8.00. The number of ketones is 1. The van der Waals surface area contributed by atoms with Crippen molar-refractivity contribution in [2.75, 3.05) is 92.9 Å². The zero-order chi connectivity index (χ0) is 84.3. The molecule has 20 rings (SSSR count). The van der Waals surface area contributed by atoms with Gasteiger partial charge in [0.15, 0.2) is 51.5 Å². The third kappa shape index (κ3) is 13.3. The molecule has 0 unspecified atom stereocenters. The number of nitrogens with zero attached hydrogens (tertiary/aromatic N) is 5. The molecule has 15 atom stereocenters. The number of nitriles is 1. The van der Waals surface area contributed by atoms with Crippen LogP contribution in [0.25, 0.3) is 21.9 Å². The first kappa shape index (κ1) is 81.7. The maximum atomic E-state index is 15.1. The predicted molar refractivity (Wildman–Crippen MR) is 444 cm³/mol. The number of amides is 2. The summed E-state index contributed by atoms with van der Waals surface area (Å²) in [4.78, 5) is 73.2. The van der Waals surface area contributed by atoms with Crippen molar-refractivity contribution in [1.82, 2.24) is 35.6 Å². The number of furan rings is 2. The van der Waals surface area contributed by atoms with Gasteiger partial charge in [0.1, 0.15) is 55.6 Å². The molecule has 29 nitrogen and oxygen atoms in total. The summed E-state index contributed by atoms with van der Waals surface area (Å²) in [5.41, 5.74) is 20.8. The lowest BCUT2D eigenvalue weighted by Crippen LogP contribution is -2.70. The first-order valence-electron chi connectivity index (χ1n) is 40.2. The van der Waals surface area contributed by atoms with E-state index in [1.54, 1.807) is 32.2 Å². The minimum Gasteiger partial charge on any atom is -0.504 e. The van der Waals surface area contributed by atoms with Gasteiger partial charge < -0.3 is 87.9 Å². The fraction of sp³-hybridized carbons (Fsp3) is 0.438. The average Bonchev–Trinajstić information content (AvgIpc) is 0.934. The molecule has 0 aliphatic carbocycles. The molecule has 8 N–H and O–H groups in total. The van der Waals surface area contributed by atoms with E-state index in [1.165, 1.54) is 23.9 Å². The molecule has 6 aromatic carbocycles. The maximum Gasteiger partial charge on any atom is 0.407 e. The van der Waals surface area contributed by atoms with Crippen molar-refractivity contribution in [2.24, 2.45) is 5.73 Å². The van der Waals surface area contributed by atoms with Crippen LogP contribution in [0.1, 0.15) is 129 Å². The van der Waals surface area contributed by atoms with Crippen LogP contribution >= 0.6 is 23.5 Å². The number of benzene rings is 6. The van der Waals surface area contributed by atoms with Gasteiger partial charge in [-0.15, -0.1) is 23.5 Å². The van der Waals surface area contributed by atoms with Crippen molar-refractivity contribution in [3.63, 3.8) is 0 Å². The van der Waals surface area contributed by atoms with E-state index in [4.69, 9.17) is 61.9 Å². The number of ether oxygens (including phenoxy) is 10. The molecule has 0 saturated carbocycles. The zero-order valence-electron chi connectivity index (χ0n) is 68.3. The Morgan fingerprint density at radius 1 is 0.692 bits per heavy atom. The molecule has 12 aliphatic rings. The number of nitrogens with one attached hydrogen (secondary N) is 3. The fourth-order valence-corrected chi connectivity index (χ4v) is 23.8. The summed E-state index contributed by atoms with van der Waals surface area (Å²) in [6.07, 6.45) is 4.81. The number of thioether (sulfide) groups is 2. The van der Waals surface area contributed by atoms with Crippen molar-refractivity contribution in [1.29, 1.82) is 5.26 Å². The molecule has 8 bridgehead atoms. The van der Waals surface area contributed by atoms with Gasteiger partial charge in [-0.3, -0.25) is 29.7 Å². The lowest BCUT2D eigenvalue weighted by molar-refractivity contribution is -0.186. The van der Waals surface area contributed by atoms with Crippen LogP contribution in [0.15, 0.2) is 101 Å². The van der Waals surface area contributed by atoms with Crippen molar-refractivity contribution in [3.8, 4) is 52.1 Å². The molecule has 31 heteroatoms. The zero-order valence-corrected chi connectivity index (χ0v) is 69.9. The number of esters is 2. The topological polar surface area (TPSA) is 363 Å². The molecule has 8 aromatic rings. The summed E-state index contributed by atoms with van der Waals surface area (Å²) >= 11 is 2.96. The number of carbonyl (C=O) groups excluding carboxylic acids is 5. The molecule has 2 aromatic heterocycles. The molecular formula is C89H97N9O20S2. The van der Waals surface area contributed by atoms with Crippen LogP contribution < -0.4 is 50.1 Å². The standard InChI is InChI=1S/C44H48N4O10S.C30H31N3O7S.C15H18N2O3/c1-7-12-54-43(52)45-16-24-15-26-25-10-8-9-11-29(25)58-40(26)44(46-24)18-59-39-30-21(3)22(4)37-38(57-19-56-37)32(30)28(17-55-42(44)51)48-34(39)33-31-23(14-27(41(48)50)47(33)5)13-20(2)36(53-6)35(31)49;1-12-6-15-7-16-17(8-31)33-18-9-38-30(36)19(34)10-41-29(20-13(2)14(3)27-28(22(18)20)40-11-39-27)24(33)23(32(16)4)21(15)25(35)26(12)37-5;1-2-7-19-15(18)17-9-12(16)8-11-10-20-14-6-4-3-5-13(11)14/h7-11,13,24,27-28,33-34,39,41,46,49-50H,1,12,14-19H2,2-6H3,(H,45,52);6,16-18,23-24,29,35H,7,9-11H2,1-5H3;2-6,10,12H,1,7-9,16H2,(H,17,18)/t24-,27+,28+,33-,34-,39-,41+,44-;16-,17-,18-,23+,24+,29+;12-/m101/s1. The molecule has 120 heavy (non-hydrogen) atoms. The van der Waals surface area contributed by atoms with E-state index in [2.05, 4.69) is 73.8 Å². The minimum absolute atomic E-state index is 0.0508. The van der Waals surface area contributed by atoms with Gasteiger partial charge in [0, 0.05) is 98.1 Å². The van der Waals surface area contributed by atoms with Crippen LogP contribution in [0.4, 0.5) is 9.59 Å². The Balaban J connectivity index is 0.000000145. The summed E-state index contributed by atoms with van der Waals surface area (Å²) in [6.45, 7) is 19.8. The molecule has 4 saturated heterocycles. The second-order valence-corrected chi connectivity index (χ2v) is 34.7. The van der Waals surface area contributed by atoms with Gasteiger partial charge in [0.05, 0.1) is 62.5 Å². The van der Waals surface area contributed by atoms with Crippen molar-refractivity contribution in [2.45, 2.75) is 156 Å². The lowest BCUT2D eigenvalue weighted by Gasteiger charge is -2.62. The number of aliphatic hydroxyl groups excluding tert-OH is 1. The number of phenolic OH excluding ortho intramolecular Hbond substituents is 2. The first-order chi connectivity index (χ1) is 57.9. The van der Waals surface area contributed by atoms with Crippen LogP contribution in [0, 0.1) is 52.9 Å². The van der Waals surface area contributed by atoms with E-state index >= 15 is 4.79 Å². The highest BCUT2D eigenvalue weighted by Gasteiger charge is 2.64. The van der Waals surface area contributed by atoms with Gasteiger partial charge in [-0.1, -0.05) is 73.8 Å². The van der Waals surface area contributed by atoms with Gasteiger partial charge in [-0.2, -0.15) is 5.26 Å². The molecule has 2 amide bonds. The summed E-state index contributed by atoms with van der Waals surface area (Å²) in [7, 11) is 7.14. The minimum atomic E-state index is -1.48. The second kappa shape index (κ2) is 32.4.